The van der Waals surface area contributed by atoms with Gasteiger partial charge in [-0.1, -0.05) is 42.5 Å². The van der Waals surface area contributed by atoms with Crippen molar-refractivity contribution in [2.75, 3.05) is 24.3 Å². The highest BCUT2D eigenvalue weighted by atomic mass is 19.1. The average molecular weight is 374 g/mol. The van der Waals surface area contributed by atoms with Crippen molar-refractivity contribution in [3.63, 3.8) is 0 Å². The van der Waals surface area contributed by atoms with Crippen LogP contribution in [0.25, 0.3) is 0 Å². The molecule has 1 unspecified atom stereocenters. The van der Waals surface area contributed by atoms with Crippen LogP contribution < -0.4 is 10.2 Å². The summed E-state index contributed by atoms with van der Waals surface area (Å²) in [6, 6.07) is 22.6. The van der Waals surface area contributed by atoms with Crippen molar-refractivity contribution in [1.82, 2.24) is 0 Å². The number of anilines is 2. The predicted octanol–water partition coefficient (Wildman–Crippen LogP) is 4.57. The minimum absolute atomic E-state index is 0.00490. The van der Waals surface area contributed by atoms with Crippen molar-refractivity contribution in [1.29, 1.82) is 0 Å². The van der Waals surface area contributed by atoms with Crippen molar-refractivity contribution >= 4 is 17.3 Å². The second-order valence-electron chi connectivity index (χ2n) is 7.62. The average Bonchev–Trinajstić information content (AvgIpc) is 2.96. The van der Waals surface area contributed by atoms with E-state index in [2.05, 4.69) is 34.5 Å². The summed E-state index contributed by atoms with van der Waals surface area (Å²) in [4.78, 5) is 15.3. The van der Waals surface area contributed by atoms with E-state index in [0.29, 0.717) is 12.8 Å². The lowest BCUT2D eigenvalue weighted by atomic mass is 9.72. The molecule has 1 aliphatic rings. The first-order valence-corrected chi connectivity index (χ1v) is 9.40. The minimum Gasteiger partial charge on any atom is -0.378 e. The van der Waals surface area contributed by atoms with Gasteiger partial charge in [0.25, 0.3) is 0 Å². The van der Waals surface area contributed by atoms with Crippen LogP contribution >= 0.6 is 0 Å². The molecule has 1 heterocycles. The Morgan fingerprint density at radius 2 is 1.43 bits per heavy atom. The van der Waals surface area contributed by atoms with Crippen LogP contribution in [0.5, 0.6) is 0 Å². The molecule has 1 aliphatic heterocycles. The molecule has 0 aliphatic carbocycles. The summed E-state index contributed by atoms with van der Waals surface area (Å²) in [5.74, 6) is -0.275. The molecule has 1 N–H and O–H groups in total. The molecular formula is C24H23FN2O. The number of rotatable bonds is 5. The van der Waals surface area contributed by atoms with E-state index in [1.54, 1.807) is 12.1 Å². The molecule has 28 heavy (non-hydrogen) atoms. The lowest BCUT2D eigenvalue weighted by molar-refractivity contribution is -0.120. The van der Waals surface area contributed by atoms with Gasteiger partial charge in [-0.15, -0.1) is 0 Å². The zero-order chi connectivity index (χ0) is 19.7. The fourth-order valence-corrected chi connectivity index (χ4v) is 4.00. The number of benzene rings is 3. The Hall–Kier alpha value is -3.14. The first kappa shape index (κ1) is 18.2. The van der Waals surface area contributed by atoms with E-state index in [4.69, 9.17) is 0 Å². The Morgan fingerprint density at radius 1 is 0.857 bits per heavy atom. The number of hydrogen-bond donors (Lipinski definition) is 1. The predicted molar refractivity (Wildman–Crippen MR) is 111 cm³/mol. The van der Waals surface area contributed by atoms with Gasteiger partial charge in [-0.2, -0.15) is 0 Å². The quantitative estimate of drug-likeness (QED) is 0.710. The summed E-state index contributed by atoms with van der Waals surface area (Å²) in [6.45, 7) is 0. The lowest BCUT2D eigenvalue weighted by Gasteiger charge is -2.28. The summed E-state index contributed by atoms with van der Waals surface area (Å²) in [5, 5.41) is 3.05. The summed E-state index contributed by atoms with van der Waals surface area (Å²) < 4.78 is 13.4. The Kier molecular flexibility index (Phi) is 4.63. The number of para-hydroxylation sites is 1. The maximum absolute atomic E-state index is 13.4. The van der Waals surface area contributed by atoms with Crippen molar-refractivity contribution < 1.29 is 9.18 Å². The molecule has 0 radical (unpaired) electrons. The molecular weight excluding hydrogens is 351 g/mol. The fourth-order valence-electron chi connectivity index (χ4n) is 4.00. The molecule has 0 bridgehead atoms. The zero-order valence-electron chi connectivity index (χ0n) is 16.1. The molecule has 0 fully saturated rings. The lowest BCUT2D eigenvalue weighted by Crippen LogP contribution is -2.39. The van der Waals surface area contributed by atoms with E-state index in [9.17, 15) is 9.18 Å². The number of nitrogens with zero attached hydrogens (tertiary/aromatic N) is 1. The van der Waals surface area contributed by atoms with Crippen molar-refractivity contribution in [3.05, 3.63) is 95.3 Å². The molecule has 1 atom stereocenters. The van der Waals surface area contributed by atoms with E-state index in [1.807, 2.05) is 38.4 Å². The molecule has 0 aromatic heterocycles. The van der Waals surface area contributed by atoms with Crippen LogP contribution in [0, 0.1) is 5.82 Å². The molecule has 0 saturated heterocycles. The Morgan fingerprint density at radius 3 is 2.04 bits per heavy atom. The molecule has 0 saturated carbocycles. The smallest absolute Gasteiger partial charge is 0.235 e. The number of halogens is 1. The third kappa shape index (κ3) is 3.26. The van der Waals surface area contributed by atoms with Gasteiger partial charge >= 0.3 is 0 Å². The number of carbonyl (C=O) groups is 1. The maximum atomic E-state index is 13.4. The van der Waals surface area contributed by atoms with Crippen LogP contribution in [-0.2, 0) is 23.1 Å². The van der Waals surface area contributed by atoms with Crippen LogP contribution in [0.1, 0.15) is 16.7 Å². The molecule has 3 nitrogen and oxygen atoms in total. The van der Waals surface area contributed by atoms with E-state index in [0.717, 1.165) is 28.1 Å². The van der Waals surface area contributed by atoms with Crippen molar-refractivity contribution in [3.8, 4) is 0 Å². The second kappa shape index (κ2) is 7.12. The molecule has 0 spiro atoms. The fraction of sp³-hybridized carbons (Fsp3) is 0.208. The van der Waals surface area contributed by atoms with Crippen LogP contribution in [0.15, 0.2) is 72.8 Å². The molecule has 4 heteroatoms. The minimum atomic E-state index is -0.714. The van der Waals surface area contributed by atoms with E-state index < -0.39 is 5.41 Å². The number of amides is 1. The largest absolute Gasteiger partial charge is 0.378 e. The topological polar surface area (TPSA) is 32.3 Å². The third-order valence-corrected chi connectivity index (χ3v) is 5.50. The molecule has 142 valence electrons. The van der Waals surface area contributed by atoms with E-state index in [-0.39, 0.29) is 11.7 Å². The van der Waals surface area contributed by atoms with Gasteiger partial charge in [-0.25, -0.2) is 4.39 Å². The van der Waals surface area contributed by atoms with E-state index >= 15 is 0 Å². The second-order valence-corrected chi connectivity index (χ2v) is 7.62. The van der Waals surface area contributed by atoms with Gasteiger partial charge in [0, 0.05) is 25.5 Å². The van der Waals surface area contributed by atoms with Gasteiger partial charge in [-0.3, -0.25) is 4.79 Å². The first-order chi connectivity index (χ1) is 13.5. The molecule has 1 amide bonds. The van der Waals surface area contributed by atoms with Gasteiger partial charge in [0.15, 0.2) is 0 Å². The Labute approximate surface area is 164 Å². The monoisotopic (exact) mass is 374 g/mol. The molecule has 3 aromatic carbocycles. The van der Waals surface area contributed by atoms with Crippen LogP contribution in [-0.4, -0.2) is 20.0 Å². The Balaban J connectivity index is 1.76. The number of carbonyl (C=O) groups excluding carboxylic acids is 1. The van der Waals surface area contributed by atoms with E-state index in [1.165, 1.54) is 12.1 Å². The van der Waals surface area contributed by atoms with Crippen LogP contribution in [0.4, 0.5) is 15.8 Å². The maximum Gasteiger partial charge on any atom is 0.235 e. The van der Waals surface area contributed by atoms with Crippen molar-refractivity contribution in [2.24, 2.45) is 0 Å². The highest BCUT2D eigenvalue weighted by molar-refractivity contribution is 6.06. The summed E-state index contributed by atoms with van der Waals surface area (Å²) in [5.41, 5.74) is 4.31. The number of fused-ring (bicyclic) bond motifs is 1. The highest BCUT2D eigenvalue weighted by Gasteiger charge is 2.46. The summed E-state index contributed by atoms with van der Waals surface area (Å²) in [6.07, 6.45) is 1.10. The summed E-state index contributed by atoms with van der Waals surface area (Å²) >= 11 is 0. The summed E-state index contributed by atoms with van der Waals surface area (Å²) in [7, 11) is 4.01. The highest BCUT2D eigenvalue weighted by Crippen LogP contribution is 2.42. The first-order valence-electron chi connectivity index (χ1n) is 9.40. The van der Waals surface area contributed by atoms with Gasteiger partial charge in [0.05, 0.1) is 5.41 Å². The normalized spacial score (nSPS) is 17.9. The number of nitrogens with one attached hydrogen (secondary N) is 1. The van der Waals surface area contributed by atoms with Crippen LogP contribution in [0.3, 0.4) is 0 Å². The standard InChI is InChI=1S/C24H23FN2O/c1-27(2)20-13-9-18(10-14-20)16-24(15-17-7-11-19(25)12-8-17)21-5-3-4-6-22(21)26-23(24)28/h3-14H,15-16H2,1-2H3,(H,26,28). The van der Waals surface area contributed by atoms with Gasteiger partial charge < -0.3 is 10.2 Å². The molecule has 3 aromatic rings. The zero-order valence-corrected chi connectivity index (χ0v) is 16.1. The third-order valence-electron chi connectivity index (χ3n) is 5.50. The Bertz CT molecular complexity index is 996. The number of hydrogen-bond acceptors (Lipinski definition) is 2. The van der Waals surface area contributed by atoms with Crippen LogP contribution in [0.2, 0.25) is 0 Å². The van der Waals surface area contributed by atoms with Gasteiger partial charge in [-0.05, 0) is 59.9 Å². The van der Waals surface area contributed by atoms with Gasteiger partial charge in [0.2, 0.25) is 5.91 Å². The SMILES string of the molecule is CN(C)c1ccc(CC2(Cc3ccc(F)cc3)C(=O)Nc3ccccc32)cc1. The molecule has 4 rings (SSSR count). The van der Waals surface area contributed by atoms with Gasteiger partial charge in [0.1, 0.15) is 5.82 Å². The van der Waals surface area contributed by atoms with Crippen molar-refractivity contribution in [2.45, 2.75) is 18.3 Å².